The van der Waals surface area contributed by atoms with Crippen LogP contribution in [0.15, 0.2) is 47.6 Å². The van der Waals surface area contributed by atoms with Crippen LogP contribution in [0.2, 0.25) is 0 Å². The average molecular weight is 411 g/mol. The van der Waals surface area contributed by atoms with Gasteiger partial charge < -0.3 is 10.6 Å². The Hall–Kier alpha value is -1.57. The molecule has 6 heteroatoms. The second kappa shape index (κ2) is 7.62. The molecule has 0 radical (unpaired) electrons. The van der Waals surface area contributed by atoms with Gasteiger partial charge in [-0.05, 0) is 30.5 Å². The van der Waals surface area contributed by atoms with Crippen molar-refractivity contribution in [3.63, 3.8) is 0 Å². The maximum absolute atomic E-state index is 4.57. The predicted molar refractivity (Wildman–Crippen MR) is 99.9 cm³/mol. The van der Waals surface area contributed by atoms with E-state index in [0.717, 1.165) is 23.3 Å². The van der Waals surface area contributed by atoms with Gasteiger partial charge in [0.1, 0.15) is 0 Å². The van der Waals surface area contributed by atoms with Gasteiger partial charge in [-0.1, -0.05) is 25.1 Å². The number of hydrogen-bond donors (Lipinski definition) is 2. The molecule has 5 nitrogen and oxygen atoms in total. The fraction of sp³-hybridized carbons (Fsp3) is 0.375. The Morgan fingerprint density at radius 3 is 2.68 bits per heavy atom. The van der Waals surface area contributed by atoms with Crippen LogP contribution in [0.25, 0.3) is 5.69 Å². The molecule has 1 aliphatic rings. The number of nitrogens with zero attached hydrogens (tertiary/aromatic N) is 3. The predicted octanol–water partition coefficient (Wildman–Crippen LogP) is 2.56. The number of guanidine groups is 1. The van der Waals surface area contributed by atoms with Crippen molar-refractivity contribution < 1.29 is 0 Å². The summed E-state index contributed by atoms with van der Waals surface area (Å²) in [6, 6.07) is 12.7. The molecule has 22 heavy (non-hydrogen) atoms. The van der Waals surface area contributed by atoms with Gasteiger partial charge in [0.15, 0.2) is 5.96 Å². The summed E-state index contributed by atoms with van der Waals surface area (Å²) in [5.41, 5.74) is 2.06. The molecule has 1 aromatic carbocycles. The van der Waals surface area contributed by atoms with Crippen molar-refractivity contribution in [2.24, 2.45) is 10.9 Å². The normalized spacial score (nSPS) is 20.2. The molecule has 3 rings (SSSR count). The molecule has 0 bridgehead atoms. The molecule has 0 aliphatic heterocycles. The van der Waals surface area contributed by atoms with E-state index in [-0.39, 0.29) is 24.0 Å². The Morgan fingerprint density at radius 1 is 1.32 bits per heavy atom. The molecule has 1 saturated carbocycles. The maximum atomic E-state index is 4.57. The Kier molecular flexibility index (Phi) is 5.82. The summed E-state index contributed by atoms with van der Waals surface area (Å²) >= 11 is 0. The minimum absolute atomic E-state index is 0. The van der Waals surface area contributed by atoms with Crippen LogP contribution in [0.3, 0.4) is 0 Å². The topological polar surface area (TPSA) is 54.2 Å². The number of aromatic nitrogens is 2. The molecule has 118 valence electrons. The Bertz CT molecular complexity index is 622. The van der Waals surface area contributed by atoms with E-state index in [1.807, 2.05) is 47.3 Å². The van der Waals surface area contributed by atoms with Crippen LogP contribution in [-0.4, -0.2) is 28.8 Å². The molecule has 1 aliphatic carbocycles. The van der Waals surface area contributed by atoms with Crippen LogP contribution in [0, 0.1) is 5.92 Å². The van der Waals surface area contributed by atoms with E-state index in [1.54, 1.807) is 7.05 Å². The minimum atomic E-state index is 0. The smallest absolute Gasteiger partial charge is 0.191 e. The van der Waals surface area contributed by atoms with Crippen molar-refractivity contribution in [1.29, 1.82) is 0 Å². The van der Waals surface area contributed by atoms with Crippen molar-refractivity contribution in [1.82, 2.24) is 20.4 Å². The van der Waals surface area contributed by atoms with Gasteiger partial charge in [0, 0.05) is 19.3 Å². The third-order valence-corrected chi connectivity index (χ3v) is 3.76. The monoisotopic (exact) mass is 411 g/mol. The van der Waals surface area contributed by atoms with Crippen LogP contribution >= 0.6 is 24.0 Å². The van der Waals surface area contributed by atoms with E-state index in [4.69, 9.17) is 0 Å². The summed E-state index contributed by atoms with van der Waals surface area (Å²) < 4.78 is 1.89. The van der Waals surface area contributed by atoms with Gasteiger partial charge in [0.05, 0.1) is 17.9 Å². The largest absolute Gasteiger partial charge is 0.353 e. The lowest BCUT2D eigenvalue weighted by molar-refractivity contribution is 0.745. The van der Waals surface area contributed by atoms with Crippen molar-refractivity contribution in [2.75, 3.05) is 7.05 Å². The quantitative estimate of drug-likeness (QED) is 0.462. The molecule has 2 N–H and O–H groups in total. The molecule has 1 heterocycles. The fourth-order valence-corrected chi connectivity index (χ4v) is 2.25. The molecular formula is C16H22IN5. The minimum Gasteiger partial charge on any atom is -0.353 e. The second-order valence-corrected chi connectivity index (χ2v) is 5.48. The summed E-state index contributed by atoms with van der Waals surface area (Å²) in [6.45, 7) is 2.91. The second-order valence-electron chi connectivity index (χ2n) is 5.48. The first-order valence-corrected chi connectivity index (χ1v) is 7.33. The van der Waals surface area contributed by atoms with E-state index in [9.17, 15) is 0 Å². The van der Waals surface area contributed by atoms with Crippen molar-refractivity contribution in [2.45, 2.75) is 25.9 Å². The highest BCUT2D eigenvalue weighted by atomic mass is 127. The molecule has 2 aromatic rings. The van der Waals surface area contributed by atoms with Crippen LogP contribution in [0.4, 0.5) is 0 Å². The Labute approximate surface area is 148 Å². The zero-order valence-electron chi connectivity index (χ0n) is 12.9. The lowest BCUT2D eigenvalue weighted by Crippen LogP contribution is -2.38. The van der Waals surface area contributed by atoms with Crippen molar-refractivity contribution in [3.05, 3.63) is 48.3 Å². The van der Waals surface area contributed by atoms with E-state index in [1.165, 1.54) is 6.42 Å². The maximum Gasteiger partial charge on any atom is 0.191 e. The first kappa shape index (κ1) is 16.8. The molecule has 0 saturated heterocycles. The van der Waals surface area contributed by atoms with Gasteiger partial charge in [-0.25, -0.2) is 4.68 Å². The van der Waals surface area contributed by atoms with Gasteiger partial charge in [0.2, 0.25) is 0 Å². The van der Waals surface area contributed by atoms with Gasteiger partial charge in [-0.2, -0.15) is 5.10 Å². The Balaban J connectivity index is 0.00000176. The van der Waals surface area contributed by atoms with Gasteiger partial charge >= 0.3 is 0 Å². The van der Waals surface area contributed by atoms with Crippen molar-refractivity contribution >= 4 is 29.9 Å². The highest BCUT2D eigenvalue weighted by Gasteiger charge is 2.33. The summed E-state index contributed by atoms with van der Waals surface area (Å²) in [4.78, 5) is 4.24. The molecule has 2 atom stereocenters. The number of para-hydroxylation sites is 1. The molecule has 2 unspecified atom stereocenters. The highest BCUT2D eigenvalue weighted by Crippen LogP contribution is 2.28. The number of nitrogens with one attached hydrogen (secondary N) is 2. The standard InChI is InChI=1S/C16H21N5.HI/c1-12-10-15(12)19-16(17-2)18-11-13-8-9-21(20-13)14-6-4-3-5-7-14;/h3-9,12,15H,10-11H2,1-2H3,(H2,17,18,19);1H. The SMILES string of the molecule is CN=C(NCc1ccn(-c2ccccc2)n1)NC1CC1C.I. The fourth-order valence-electron chi connectivity index (χ4n) is 2.25. The highest BCUT2D eigenvalue weighted by molar-refractivity contribution is 14.0. The summed E-state index contributed by atoms with van der Waals surface area (Å²) in [5.74, 6) is 1.60. The molecule has 0 amide bonds. The molecular weight excluding hydrogens is 389 g/mol. The third kappa shape index (κ3) is 4.22. The summed E-state index contributed by atoms with van der Waals surface area (Å²) in [6.07, 6.45) is 3.20. The van der Waals surface area contributed by atoms with Gasteiger partial charge in [-0.3, -0.25) is 4.99 Å². The van der Waals surface area contributed by atoms with Crippen LogP contribution in [0.5, 0.6) is 0 Å². The van der Waals surface area contributed by atoms with E-state index in [2.05, 4.69) is 27.6 Å². The van der Waals surface area contributed by atoms with E-state index >= 15 is 0 Å². The number of benzene rings is 1. The lowest BCUT2D eigenvalue weighted by Gasteiger charge is -2.10. The van der Waals surface area contributed by atoms with Crippen LogP contribution in [-0.2, 0) is 6.54 Å². The summed E-state index contributed by atoms with van der Waals surface area (Å²) in [5, 5.41) is 11.3. The third-order valence-electron chi connectivity index (χ3n) is 3.76. The summed E-state index contributed by atoms with van der Waals surface area (Å²) in [7, 11) is 1.80. The van der Waals surface area contributed by atoms with Crippen LogP contribution < -0.4 is 10.6 Å². The Morgan fingerprint density at radius 2 is 2.05 bits per heavy atom. The number of aliphatic imine (C=N–C) groups is 1. The molecule has 1 aromatic heterocycles. The number of rotatable bonds is 4. The zero-order chi connectivity index (χ0) is 14.7. The van der Waals surface area contributed by atoms with Gasteiger partial charge in [0.25, 0.3) is 0 Å². The molecule has 1 fully saturated rings. The van der Waals surface area contributed by atoms with Crippen molar-refractivity contribution in [3.8, 4) is 5.69 Å². The van der Waals surface area contributed by atoms with E-state index < -0.39 is 0 Å². The number of halogens is 1. The zero-order valence-corrected chi connectivity index (χ0v) is 15.2. The first-order valence-electron chi connectivity index (χ1n) is 7.33. The first-order chi connectivity index (χ1) is 10.3. The lowest BCUT2D eigenvalue weighted by atomic mass is 10.3. The van der Waals surface area contributed by atoms with E-state index in [0.29, 0.717) is 12.6 Å². The van der Waals surface area contributed by atoms with Gasteiger partial charge in [-0.15, -0.1) is 24.0 Å². The number of hydrogen-bond acceptors (Lipinski definition) is 2. The average Bonchev–Trinajstić information content (AvgIpc) is 3.02. The van der Waals surface area contributed by atoms with Crippen LogP contribution in [0.1, 0.15) is 19.0 Å². The molecule has 0 spiro atoms.